The molecule has 14 heteroatoms. The van der Waals surface area contributed by atoms with Gasteiger partial charge in [-0.15, -0.1) is 0 Å². The van der Waals surface area contributed by atoms with Crippen LogP contribution in [0.5, 0.6) is 0 Å². The number of hydrogen-bond donors (Lipinski definition) is 0. The Morgan fingerprint density at radius 2 is 1.60 bits per heavy atom. The second-order valence-corrected chi connectivity index (χ2v) is 9.42. The van der Waals surface area contributed by atoms with Crippen LogP contribution >= 0.6 is 0 Å². The van der Waals surface area contributed by atoms with E-state index in [9.17, 15) is 35.1 Å². The van der Waals surface area contributed by atoms with Crippen molar-refractivity contribution in [2.75, 3.05) is 0 Å². The van der Waals surface area contributed by atoms with Gasteiger partial charge < -0.3 is 0 Å². The Labute approximate surface area is 226 Å². The fourth-order valence-corrected chi connectivity index (χ4v) is 5.16. The van der Waals surface area contributed by atoms with E-state index in [1.165, 1.54) is 40.2 Å². The van der Waals surface area contributed by atoms with Gasteiger partial charge in [-0.3, -0.25) is 39.8 Å². The van der Waals surface area contributed by atoms with Gasteiger partial charge in [-0.2, -0.15) is 10.2 Å². The minimum absolute atomic E-state index is 0.0370. The summed E-state index contributed by atoms with van der Waals surface area (Å²) in [6.45, 7) is 2.06. The van der Waals surface area contributed by atoms with Gasteiger partial charge in [-0.05, 0) is 61.1 Å². The van der Waals surface area contributed by atoms with Crippen molar-refractivity contribution < 1.29 is 19.6 Å². The van der Waals surface area contributed by atoms with Crippen LogP contribution in [0.1, 0.15) is 53.8 Å². The van der Waals surface area contributed by atoms with Crippen LogP contribution in [0.15, 0.2) is 65.4 Å². The summed E-state index contributed by atoms with van der Waals surface area (Å²) in [6, 6.07) is 11.2. The predicted octanol–water partition coefficient (Wildman–Crippen LogP) is 5.06. The van der Waals surface area contributed by atoms with Crippen LogP contribution in [0.2, 0.25) is 0 Å². The minimum atomic E-state index is -0.751. The number of nitro benzene ring substituents is 2. The normalized spacial score (nSPS) is 19.3. The van der Waals surface area contributed by atoms with Crippen molar-refractivity contribution >= 4 is 34.8 Å². The highest BCUT2D eigenvalue weighted by Crippen LogP contribution is 2.45. The number of amides is 1. The molecule has 204 valence electrons. The topological polar surface area (TPSA) is 180 Å². The number of fused-ring (bicyclic) bond motifs is 1. The third-order valence-corrected chi connectivity index (χ3v) is 7.07. The molecule has 0 unspecified atom stereocenters. The molecule has 1 aromatic heterocycles. The van der Waals surface area contributed by atoms with E-state index in [1.54, 1.807) is 31.2 Å². The van der Waals surface area contributed by atoms with Gasteiger partial charge in [0, 0.05) is 36.7 Å². The fourth-order valence-electron chi connectivity index (χ4n) is 5.16. The van der Waals surface area contributed by atoms with E-state index in [1.807, 2.05) is 6.08 Å². The number of carbonyl (C=O) groups excluding carboxylic acids is 1. The van der Waals surface area contributed by atoms with Crippen LogP contribution < -0.4 is 0 Å². The summed E-state index contributed by atoms with van der Waals surface area (Å²) >= 11 is 0. The molecule has 1 saturated carbocycles. The van der Waals surface area contributed by atoms with Gasteiger partial charge in [0.2, 0.25) is 5.69 Å². The van der Waals surface area contributed by atoms with Crippen LogP contribution in [0, 0.1) is 36.3 Å². The molecule has 1 amide bonds. The van der Waals surface area contributed by atoms with E-state index in [4.69, 9.17) is 0 Å². The third kappa shape index (κ3) is 4.81. The quantitative estimate of drug-likeness (QED) is 0.291. The van der Waals surface area contributed by atoms with Crippen molar-refractivity contribution in [3.8, 4) is 0 Å². The molecule has 0 N–H and O–H groups in total. The van der Waals surface area contributed by atoms with Crippen molar-refractivity contribution in [1.29, 1.82) is 0 Å². The lowest BCUT2D eigenvalue weighted by Crippen LogP contribution is -2.32. The average Bonchev–Trinajstić information content (AvgIpc) is 3.56. The maximum absolute atomic E-state index is 13.8. The molecule has 5 rings (SSSR count). The Morgan fingerprint density at radius 3 is 2.17 bits per heavy atom. The molecule has 2 heterocycles. The highest BCUT2D eigenvalue weighted by atomic mass is 16.6. The summed E-state index contributed by atoms with van der Waals surface area (Å²) in [5.41, 5.74) is 1.84. The highest BCUT2D eigenvalue weighted by molar-refractivity contribution is 6.09. The zero-order valence-electron chi connectivity index (χ0n) is 21.2. The Bertz CT molecular complexity index is 1580. The van der Waals surface area contributed by atoms with E-state index in [0.29, 0.717) is 30.7 Å². The highest BCUT2D eigenvalue weighted by Gasteiger charge is 2.46. The number of rotatable bonds is 7. The third-order valence-electron chi connectivity index (χ3n) is 7.07. The Kier molecular flexibility index (Phi) is 6.90. The number of aromatic nitrogens is 2. The van der Waals surface area contributed by atoms with E-state index in [-0.39, 0.29) is 23.0 Å². The molecule has 1 aliphatic carbocycles. The zero-order valence-corrected chi connectivity index (χ0v) is 21.2. The van der Waals surface area contributed by atoms with Gasteiger partial charge in [-0.25, -0.2) is 5.01 Å². The van der Waals surface area contributed by atoms with Crippen molar-refractivity contribution in [3.63, 3.8) is 0 Å². The first-order valence-electron chi connectivity index (χ1n) is 12.5. The van der Waals surface area contributed by atoms with E-state index in [2.05, 4.69) is 10.2 Å². The van der Waals surface area contributed by atoms with Crippen LogP contribution in [-0.4, -0.2) is 41.2 Å². The number of hydrazone groups is 1. The molecule has 0 spiro atoms. The summed E-state index contributed by atoms with van der Waals surface area (Å²) in [5.74, 6) is -1.03. The molecule has 14 nitrogen and oxygen atoms in total. The van der Waals surface area contributed by atoms with Crippen molar-refractivity contribution in [2.45, 2.75) is 38.8 Å². The number of non-ortho nitro benzene ring substituents is 2. The van der Waals surface area contributed by atoms with Gasteiger partial charge in [0.15, 0.2) is 0 Å². The summed E-state index contributed by atoms with van der Waals surface area (Å²) in [4.78, 5) is 46.1. The first-order valence-corrected chi connectivity index (χ1v) is 12.5. The largest absolute Gasteiger partial charge is 0.320 e. The van der Waals surface area contributed by atoms with Gasteiger partial charge in [0.25, 0.3) is 11.4 Å². The second kappa shape index (κ2) is 10.5. The van der Waals surface area contributed by atoms with Crippen LogP contribution in [-0.2, 0) is 6.54 Å². The van der Waals surface area contributed by atoms with Gasteiger partial charge in [0.05, 0.1) is 26.5 Å². The van der Waals surface area contributed by atoms with Crippen LogP contribution in [0.3, 0.4) is 0 Å². The van der Waals surface area contributed by atoms with Gasteiger partial charge >= 0.3 is 11.6 Å². The summed E-state index contributed by atoms with van der Waals surface area (Å²) in [6.07, 6.45) is 5.13. The SMILES string of the molecule is CCn1cc([N+](=O)[O-])c(C(=O)N2N=C3/C(=C\c4ccc([N+](=O)[O-])cc4)CCC[C@@H]3[C@H]2c2ccc([N+](=O)[O-])cc2)n1. The Morgan fingerprint density at radius 1 is 0.975 bits per heavy atom. The number of benzene rings is 2. The summed E-state index contributed by atoms with van der Waals surface area (Å²) in [5, 5.41) is 44.0. The van der Waals surface area contributed by atoms with Crippen molar-refractivity contribution in [1.82, 2.24) is 14.8 Å². The standard InChI is InChI=1S/C26H23N7O7/c1-2-29-15-22(33(39)40)24(27-29)26(34)30-25(17-8-12-20(13-9-17)32(37)38)21-5-3-4-18(23(21)28-30)14-16-6-10-19(11-7-16)31(35)36/h6-15,21,25H,2-5H2,1H3/b18-14-/t21-,25+/m0/s1. The number of nitrogens with zero attached hydrogens (tertiary/aromatic N) is 7. The lowest BCUT2D eigenvalue weighted by Gasteiger charge is -2.29. The number of nitro groups is 3. The molecule has 1 fully saturated rings. The number of carbonyl (C=O) groups is 1. The van der Waals surface area contributed by atoms with Crippen molar-refractivity contribution in [3.05, 3.63) is 107 Å². The van der Waals surface area contributed by atoms with Gasteiger partial charge in [-0.1, -0.05) is 12.1 Å². The van der Waals surface area contributed by atoms with E-state index >= 15 is 0 Å². The Hall–Kier alpha value is -5.27. The molecule has 3 aromatic rings. The Balaban J connectivity index is 1.59. The zero-order chi connectivity index (χ0) is 28.6. The predicted molar refractivity (Wildman–Crippen MR) is 142 cm³/mol. The van der Waals surface area contributed by atoms with Crippen molar-refractivity contribution in [2.24, 2.45) is 11.0 Å². The summed E-state index contributed by atoms with van der Waals surface area (Å²) in [7, 11) is 0. The molecule has 1 aliphatic heterocycles. The molecule has 2 aliphatic rings. The molecule has 0 bridgehead atoms. The number of allylic oxidation sites excluding steroid dienone is 1. The maximum Gasteiger partial charge on any atom is 0.320 e. The lowest BCUT2D eigenvalue weighted by atomic mass is 9.77. The maximum atomic E-state index is 13.8. The molecule has 2 aromatic carbocycles. The number of hydrogen-bond acceptors (Lipinski definition) is 9. The first-order chi connectivity index (χ1) is 19.2. The first kappa shape index (κ1) is 26.3. The molecule has 0 radical (unpaired) electrons. The van der Waals surface area contributed by atoms with E-state index in [0.717, 1.165) is 17.6 Å². The smallest absolute Gasteiger partial charge is 0.265 e. The average molecular weight is 546 g/mol. The van der Waals surface area contributed by atoms with Crippen LogP contribution in [0.25, 0.3) is 6.08 Å². The molecular formula is C26H23N7O7. The van der Waals surface area contributed by atoms with E-state index < -0.39 is 32.4 Å². The van der Waals surface area contributed by atoms with Gasteiger partial charge in [0.1, 0.15) is 6.20 Å². The summed E-state index contributed by atoms with van der Waals surface area (Å²) < 4.78 is 1.31. The molecular weight excluding hydrogens is 522 g/mol. The lowest BCUT2D eigenvalue weighted by molar-refractivity contribution is -0.385. The monoisotopic (exact) mass is 545 g/mol. The molecule has 40 heavy (non-hydrogen) atoms. The molecule has 2 atom stereocenters. The molecule has 0 saturated heterocycles. The second-order valence-electron chi connectivity index (χ2n) is 9.42. The number of aryl methyl sites for hydroxylation is 1. The minimum Gasteiger partial charge on any atom is -0.265 e. The van der Waals surface area contributed by atoms with Crippen LogP contribution in [0.4, 0.5) is 17.1 Å². The fraction of sp³-hybridized carbons (Fsp3) is 0.269.